The highest BCUT2D eigenvalue weighted by Gasteiger charge is 2.08. The van der Waals surface area contributed by atoms with Crippen LogP contribution in [-0.4, -0.2) is 26.0 Å². The van der Waals surface area contributed by atoms with Crippen LogP contribution in [0.15, 0.2) is 16.9 Å². The van der Waals surface area contributed by atoms with E-state index in [1.165, 1.54) is 5.56 Å². The Morgan fingerprint density at radius 2 is 2.30 bits per heavy atom. The molecule has 1 N–H and O–H groups in total. The highest BCUT2D eigenvalue weighted by Crippen LogP contribution is 2.03. The third kappa shape index (κ3) is 4.45. The quantitative estimate of drug-likeness (QED) is 0.800. The largest absolute Gasteiger partial charge is 0.339 e. The fourth-order valence-corrected chi connectivity index (χ4v) is 1.97. The van der Waals surface area contributed by atoms with Gasteiger partial charge >= 0.3 is 0 Å². The molecule has 2 aromatic rings. The van der Waals surface area contributed by atoms with Crippen molar-refractivity contribution in [2.24, 2.45) is 0 Å². The molecule has 6 nitrogen and oxygen atoms in total. The number of nitrogens with one attached hydrogen (secondary N) is 1. The summed E-state index contributed by atoms with van der Waals surface area (Å²) >= 11 is 0. The lowest BCUT2D eigenvalue weighted by molar-refractivity contribution is 0.365. The SMILES string of the molecule is CCCCc1nc(CN[C@H](C)Cn2cc(C)cn2)no1. The van der Waals surface area contributed by atoms with Gasteiger partial charge in [-0.25, -0.2) is 0 Å². The average molecular weight is 277 g/mol. The summed E-state index contributed by atoms with van der Waals surface area (Å²) in [5.41, 5.74) is 1.18. The highest BCUT2D eigenvalue weighted by molar-refractivity contribution is 4.99. The van der Waals surface area contributed by atoms with Crippen molar-refractivity contribution in [1.29, 1.82) is 0 Å². The Morgan fingerprint density at radius 3 is 3.00 bits per heavy atom. The summed E-state index contributed by atoms with van der Waals surface area (Å²) in [6.45, 7) is 7.76. The highest BCUT2D eigenvalue weighted by atomic mass is 16.5. The Morgan fingerprint density at radius 1 is 1.45 bits per heavy atom. The second-order valence-electron chi connectivity index (χ2n) is 5.23. The number of hydrogen-bond donors (Lipinski definition) is 1. The summed E-state index contributed by atoms with van der Waals surface area (Å²) in [5, 5.41) is 11.6. The number of unbranched alkanes of at least 4 members (excludes halogenated alkanes) is 1. The van der Waals surface area contributed by atoms with Crippen molar-refractivity contribution in [1.82, 2.24) is 25.2 Å². The molecule has 20 heavy (non-hydrogen) atoms. The summed E-state index contributed by atoms with van der Waals surface area (Å²) in [5.74, 6) is 1.46. The predicted octanol–water partition coefficient (Wildman–Crippen LogP) is 2.10. The molecular weight excluding hydrogens is 254 g/mol. The standard InChI is InChI=1S/C14H23N5O/c1-4-5-6-14-17-13(18-20-14)8-15-12(3)10-19-9-11(2)7-16-19/h7,9,12,15H,4-6,8,10H2,1-3H3/t12-/m1/s1. The van der Waals surface area contributed by atoms with Gasteiger partial charge in [-0.1, -0.05) is 18.5 Å². The fraction of sp³-hybridized carbons (Fsp3) is 0.643. The van der Waals surface area contributed by atoms with Crippen LogP contribution in [0.1, 0.15) is 44.0 Å². The van der Waals surface area contributed by atoms with Gasteiger partial charge in [0, 0.05) is 18.7 Å². The molecule has 0 fully saturated rings. The number of hydrogen-bond acceptors (Lipinski definition) is 5. The van der Waals surface area contributed by atoms with Gasteiger partial charge in [0.05, 0.1) is 19.3 Å². The first-order valence-electron chi connectivity index (χ1n) is 7.21. The molecule has 2 heterocycles. The fourth-order valence-electron chi connectivity index (χ4n) is 1.97. The molecule has 0 amide bonds. The molecule has 0 saturated carbocycles. The summed E-state index contributed by atoms with van der Waals surface area (Å²) in [6.07, 6.45) is 6.99. The molecule has 110 valence electrons. The second-order valence-corrected chi connectivity index (χ2v) is 5.23. The zero-order chi connectivity index (χ0) is 14.4. The van der Waals surface area contributed by atoms with E-state index in [0.717, 1.165) is 37.5 Å². The average Bonchev–Trinajstić information content (AvgIpc) is 3.03. The smallest absolute Gasteiger partial charge is 0.226 e. The summed E-state index contributed by atoms with van der Waals surface area (Å²) < 4.78 is 7.14. The first-order valence-corrected chi connectivity index (χ1v) is 7.21. The Hall–Kier alpha value is -1.69. The molecule has 0 aliphatic rings. The topological polar surface area (TPSA) is 68.8 Å². The van der Waals surface area contributed by atoms with Crippen molar-refractivity contribution >= 4 is 0 Å². The molecular formula is C14H23N5O. The van der Waals surface area contributed by atoms with Crippen molar-refractivity contribution in [2.75, 3.05) is 0 Å². The number of aromatic nitrogens is 4. The van der Waals surface area contributed by atoms with Gasteiger partial charge in [-0.3, -0.25) is 4.68 Å². The van der Waals surface area contributed by atoms with Gasteiger partial charge in [-0.15, -0.1) is 0 Å². The molecule has 0 aromatic carbocycles. The van der Waals surface area contributed by atoms with E-state index in [0.29, 0.717) is 12.6 Å². The van der Waals surface area contributed by atoms with Crippen molar-refractivity contribution in [3.05, 3.63) is 29.7 Å². The normalized spacial score (nSPS) is 12.8. The van der Waals surface area contributed by atoms with Gasteiger partial charge in [0.15, 0.2) is 5.82 Å². The second kappa shape index (κ2) is 7.19. The van der Waals surface area contributed by atoms with E-state index in [9.17, 15) is 0 Å². The molecule has 6 heteroatoms. The van der Waals surface area contributed by atoms with E-state index in [4.69, 9.17) is 4.52 Å². The number of aryl methyl sites for hydroxylation is 2. The first-order chi connectivity index (χ1) is 9.67. The van der Waals surface area contributed by atoms with E-state index in [1.807, 2.05) is 24.0 Å². The van der Waals surface area contributed by atoms with E-state index >= 15 is 0 Å². The van der Waals surface area contributed by atoms with Crippen LogP contribution in [0.3, 0.4) is 0 Å². The van der Waals surface area contributed by atoms with Crippen molar-refractivity contribution in [2.45, 2.75) is 59.2 Å². The minimum Gasteiger partial charge on any atom is -0.339 e. The third-order valence-corrected chi connectivity index (χ3v) is 3.09. The van der Waals surface area contributed by atoms with Crippen LogP contribution in [0.4, 0.5) is 0 Å². The predicted molar refractivity (Wildman–Crippen MR) is 76.2 cm³/mol. The molecule has 2 aromatic heterocycles. The van der Waals surface area contributed by atoms with Crippen LogP contribution in [0, 0.1) is 6.92 Å². The molecule has 0 bridgehead atoms. The third-order valence-electron chi connectivity index (χ3n) is 3.09. The maximum Gasteiger partial charge on any atom is 0.226 e. The summed E-state index contributed by atoms with van der Waals surface area (Å²) in [6, 6.07) is 0.298. The van der Waals surface area contributed by atoms with Gasteiger partial charge in [0.25, 0.3) is 0 Å². The van der Waals surface area contributed by atoms with Crippen LogP contribution >= 0.6 is 0 Å². The molecule has 2 rings (SSSR count). The van der Waals surface area contributed by atoms with E-state index in [1.54, 1.807) is 0 Å². The van der Waals surface area contributed by atoms with E-state index in [-0.39, 0.29) is 0 Å². The van der Waals surface area contributed by atoms with Gasteiger partial charge in [-0.2, -0.15) is 10.1 Å². The lowest BCUT2D eigenvalue weighted by atomic mass is 10.2. The van der Waals surface area contributed by atoms with Crippen LogP contribution in [-0.2, 0) is 19.5 Å². The Labute approximate surface area is 119 Å². The van der Waals surface area contributed by atoms with E-state index in [2.05, 4.69) is 34.4 Å². The van der Waals surface area contributed by atoms with Gasteiger partial charge in [0.1, 0.15) is 0 Å². The van der Waals surface area contributed by atoms with Gasteiger partial charge in [-0.05, 0) is 25.8 Å². The minimum atomic E-state index is 0.298. The molecule has 0 aliphatic carbocycles. The van der Waals surface area contributed by atoms with Crippen molar-refractivity contribution in [3.8, 4) is 0 Å². The Kier molecular flexibility index (Phi) is 5.29. The zero-order valence-electron chi connectivity index (χ0n) is 12.5. The van der Waals surface area contributed by atoms with Crippen LogP contribution in [0.2, 0.25) is 0 Å². The van der Waals surface area contributed by atoms with Crippen LogP contribution < -0.4 is 5.32 Å². The lowest BCUT2D eigenvalue weighted by Gasteiger charge is -2.12. The van der Waals surface area contributed by atoms with Crippen molar-refractivity contribution < 1.29 is 4.52 Å². The maximum atomic E-state index is 5.20. The summed E-state index contributed by atoms with van der Waals surface area (Å²) in [4.78, 5) is 4.37. The Bertz CT molecular complexity index is 519. The zero-order valence-corrected chi connectivity index (χ0v) is 12.5. The van der Waals surface area contributed by atoms with E-state index < -0.39 is 0 Å². The monoisotopic (exact) mass is 277 g/mol. The van der Waals surface area contributed by atoms with Crippen LogP contribution in [0.5, 0.6) is 0 Å². The van der Waals surface area contributed by atoms with Gasteiger partial charge in [0.2, 0.25) is 5.89 Å². The molecule has 1 atom stereocenters. The minimum absolute atomic E-state index is 0.298. The molecule has 0 aliphatic heterocycles. The summed E-state index contributed by atoms with van der Waals surface area (Å²) in [7, 11) is 0. The van der Waals surface area contributed by atoms with Gasteiger partial charge < -0.3 is 9.84 Å². The maximum absolute atomic E-state index is 5.20. The number of nitrogens with zero attached hydrogens (tertiary/aromatic N) is 4. The van der Waals surface area contributed by atoms with Crippen molar-refractivity contribution in [3.63, 3.8) is 0 Å². The molecule has 0 spiro atoms. The lowest BCUT2D eigenvalue weighted by Crippen LogP contribution is -2.30. The van der Waals surface area contributed by atoms with Crippen LogP contribution in [0.25, 0.3) is 0 Å². The Balaban J connectivity index is 1.75. The molecule has 0 unspecified atom stereocenters. The molecule has 0 radical (unpaired) electrons. The number of rotatable bonds is 8. The first kappa shape index (κ1) is 14.7. The molecule has 0 saturated heterocycles.